The predicted molar refractivity (Wildman–Crippen MR) is 61.4 cm³/mol. The van der Waals surface area contributed by atoms with Crippen molar-refractivity contribution < 1.29 is 4.74 Å². The fourth-order valence-corrected chi connectivity index (χ4v) is 1.40. The maximum atomic E-state index is 5.78. The van der Waals surface area contributed by atoms with Crippen molar-refractivity contribution in [1.29, 1.82) is 0 Å². The quantitative estimate of drug-likeness (QED) is 0.768. The fourth-order valence-electron chi connectivity index (χ4n) is 1.26. The second-order valence-corrected chi connectivity index (χ2v) is 3.43. The van der Waals surface area contributed by atoms with Gasteiger partial charge in [-0.3, -0.25) is 0 Å². The summed E-state index contributed by atoms with van der Waals surface area (Å²) in [5.74, 6) is 0.603. The van der Waals surface area contributed by atoms with E-state index in [1.54, 1.807) is 18.3 Å². The van der Waals surface area contributed by atoms with Crippen LogP contribution in [0.25, 0.3) is 11.3 Å². The van der Waals surface area contributed by atoms with Crippen LogP contribution in [-0.2, 0) is 0 Å². The maximum Gasteiger partial charge on any atom is 0.213 e. The van der Waals surface area contributed by atoms with Crippen molar-refractivity contribution in [1.82, 2.24) is 15.0 Å². The molecule has 2 rings (SSSR count). The van der Waals surface area contributed by atoms with Gasteiger partial charge in [-0.15, -0.1) is 0 Å². The Morgan fingerprint density at radius 1 is 1.25 bits per heavy atom. The highest BCUT2D eigenvalue weighted by molar-refractivity contribution is 6.29. The summed E-state index contributed by atoms with van der Waals surface area (Å²) in [6, 6.07) is 5.38. The molecule has 0 saturated heterocycles. The van der Waals surface area contributed by atoms with Gasteiger partial charge in [0.05, 0.1) is 12.3 Å². The summed E-state index contributed by atoms with van der Waals surface area (Å²) < 4.78 is 5.25. The summed E-state index contributed by atoms with van der Waals surface area (Å²) in [5.41, 5.74) is 1.63. The van der Waals surface area contributed by atoms with E-state index >= 15 is 0 Å². The summed E-state index contributed by atoms with van der Waals surface area (Å²) in [6.45, 7) is 2.52. The van der Waals surface area contributed by atoms with Crippen LogP contribution >= 0.6 is 11.6 Å². The van der Waals surface area contributed by atoms with Crippen molar-refractivity contribution in [2.45, 2.75) is 6.92 Å². The van der Waals surface area contributed by atoms with E-state index in [9.17, 15) is 0 Å². The minimum atomic E-state index is 0.416. The fraction of sp³-hybridized carbons (Fsp3) is 0.182. The Morgan fingerprint density at radius 2 is 2.12 bits per heavy atom. The number of aromatic nitrogens is 3. The van der Waals surface area contributed by atoms with Crippen LogP contribution in [-0.4, -0.2) is 21.6 Å². The Balaban J connectivity index is 2.27. The molecule has 0 spiro atoms. The topological polar surface area (TPSA) is 47.9 Å². The average Bonchev–Trinajstić information content (AvgIpc) is 2.30. The van der Waals surface area contributed by atoms with Crippen LogP contribution in [0.2, 0.25) is 5.15 Å². The molecule has 0 fully saturated rings. The number of hydrogen-bond donors (Lipinski definition) is 0. The molecule has 82 valence electrons. The molecule has 2 aromatic heterocycles. The van der Waals surface area contributed by atoms with E-state index < -0.39 is 0 Å². The van der Waals surface area contributed by atoms with Gasteiger partial charge in [-0.1, -0.05) is 11.6 Å². The Kier molecular flexibility index (Phi) is 3.31. The third-order valence-corrected chi connectivity index (χ3v) is 2.16. The van der Waals surface area contributed by atoms with E-state index in [-0.39, 0.29) is 0 Å². The number of pyridine rings is 1. The first-order valence-corrected chi connectivity index (χ1v) is 5.24. The average molecular weight is 236 g/mol. The van der Waals surface area contributed by atoms with Gasteiger partial charge in [0.25, 0.3) is 0 Å². The molecule has 0 aliphatic carbocycles. The Labute approximate surface area is 98.3 Å². The van der Waals surface area contributed by atoms with Crippen molar-refractivity contribution in [3.63, 3.8) is 0 Å². The third kappa shape index (κ3) is 2.46. The number of rotatable bonds is 3. The first-order chi connectivity index (χ1) is 7.79. The molecule has 0 bridgehead atoms. The second-order valence-electron chi connectivity index (χ2n) is 3.04. The standard InChI is InChI=1S/C11H10ClN3O/c1-2-16-11-4-3-8(6-13-11)9-5-10(12)15-7-14-9/h3-7H,2H2,1H3. The second kappa shape index (κ2) is 4.90. The molecule has 16 heavy (non-hydrogen) atoms. The van der Waals surface area contributed by atoms with Crippen molar-refractivity contribution in [3.8, 4) is 17.1 Å². The van der Waals surface area contributed by atoms with Crippen LogP contribution in [0.5, 0.6) is 5.88 Å². The monoisotopic (exact) mass is 235 g/mol. The van der Waals surface area contributed by atoms with E-state index in [0.29, 0.717) is 17.6 Å². The Bertz CT molecular complexity index is 473. The number of nitrogens with zero attached hydrogens (tertiary/aromatic N) is 3. The predicted octanol–water partition coefficient (Wildman–Crippen LogP) is 2.59. The molecule has 0 atom stereocenters. The van der Waals surface area contributed by atoms with Crippen molar-refractivity contribution in [2.75, 3.05) is 6.61 Å². The molecule has 4 nitrogen and oxygen atoms in total. The van der Waals surface area contributed by atoms with E-state index in [2.05, 4.69) is 15.0 Å². The minimum absolute atomic E-state index is 0.416. The van der Waals surface area contributed by atoms with Crippen molar-refractivity contribution in [2.24, 2.45) is 0 Å². The minimum Gasteiger partial charge on any atom is -0.478 e. The van der Waals surface area contributed by atoms with Gasteiger partial charge in [-0.05, 0) is 13.0 Å². The van der Waals surface area contributed by atoms with Crippen LogP contribution in [0.15, 0.2) is 30.7 Å². The van der Waals surface area contributed by atoms with Gasteiger partial charge in [-0.25, -0.2) is 15.0 Å². The Morgan fingerprint density at radius 3 is 2.75 bits per heavy atom. The lowest BCUT2D eigenvalue weighted by Crippen LogP contribution is -1.94. The molecule has 5 heteroatoms. The molecule has 0 aliphatic rings. The highest BCUT2D eigenvalue weighted by atomic mass is 35.5. The molecular weight excluding hydrogens is 226 g/mol. The third-order valence-electron chi connectivity index (χ3n) is 1.96. The van der Waals surface area contributed by atoms with Gasteiger partial charge in [0.2, 0.25) is 5.88 Å². The molecule has 0 N–H and O–H groups in total. The van der Waals surface area contributed by atoms with Crippen LogP contribution in [0, 0.1) is 0 Å². The van der Waals surface area contributed by atoms with Crippen LogP contribution < -0.4 is 4.74 Å². The number of ether oxygens (including phenoxy) is 1. The largest absolute Gasteiger partial charge is 0.478 e. The number of halogens is 1. The van der Waals surface area contributed by atoms with E-state index in [0.717, 1.165) is 11.3 Å². The SMILES string of the molecule is CCOc1ccc(-c2cc(Cl)ncn2)cn1. The number of hydrogen-bond acceptors (Lipinski definition) is 4. The normalized spacial score (nSPS) is 10.1. The molecule has 2 aromatic rings. The molecule has 0 aromatic carbocycles. The van der Waals surface area contributed by atoms with Crippen molar-refractivity contribution >= 4 is 11.6 Å². The van der Waals surface area contributed by atoms with E-state index in [1.807, 2.05) is 13.0 Å². The lowest BCUT2D eigenvalue weighted by atomic mass is 10.2. The first-order valence-electron chi connectivity index (χ1n) is 4.86. The maximum absolute atomic E-state index is 5.78. The zero-order valence-corrected chi connectivity index (χ0v) is 9.48. The summed E-state index contributed by atoms with van der Waals surface area (Å²) in [4.78, 5) is 12.1. The molecule has 0 amide bonds. The van der Waals surface area contributed by atoms with Gasteiger partial charge >= 0.3 is 0 Å². The summed E-state index contributed by atoms with van der Waals surface area (Å²) >= 11 is 5.78. The molecule has 0 unspecified atom stereocenters. The zero-order chi connectivity index (χ0) is 11.4. The highest BCUT2D eigenvalue weighted by Gasteiger charge is 2.02. The lowest BCUT2D eigenvalue weighted by molar-refractivity contribution is 0.327. The molecular formula is C11H10ClN3O. The van der Waals surface area contributed by atoms with E-state index in [4.69, 9.17) is 16.3 Å². The van der Waals surface area contributed by atoms with Gasteiger partial charge < -0.3 is 4.74 Å². The van der Waals surface area contributed by atoms with Crippen LogP contribution in [0.4, 0.5) is 0 Å². The van der Waals surface area contributed by atoms with Gasteiger partial charge in [-0.2, -0.15) is 0 Å². The highest BCUT2D eigenvalue weighted by Crippen LogP contribution is 2.19. The lowest BCUT2D eigenvalue weighted by Gasteiger charge is -2.03. The van der Waals surface area contributed by atoms with Gasteiger partial charge in [0, 0.05) is 23.9 Å². The summed E-state index contributed by atoms with van der Waals surface area (Å²) in [7, 11) is 0. The van der Waals surface area contributed by atoms with Gasteiger partial charge in [0.15, 0.2) is 0 Å². The van der Waals surface area contributed by atoms with Gasteiger partial charge in [0.1, 0.15) is 11.5 Å². The van der Waals surface area contributed by atoms with Crippen LogP contribution in [0.1, 0.15) is 6.92 Å². The molecule has 0 aliphatic heterocycles. The Hall–Kier alpha value is -1.68. The first kappa shape index (κ1) is 10.8. The van der Waals surface area contributed by atoms with Crippen molar-refractivity contribution in [3.05, 3.63) is 35.9 Å². The summed E-state index contributed by atoms with van der Waals surface area (Å²) in [6.07, 6.45) is 3.12. The summed E-state index contributed by atoms with van der Waals surface area (Å²) in [5, 5.41) is 0.416. The molecule has 2 heterocycles. The molecule has 0 radical (unpaired) electrons. The zero-order valence-electron chi connectivity index (χ0n) is 8.72. The smallest absolute Gasteiger partial charge is 0.213 e. The molecule has 0 saturated carbocycles. The van der Waals surface area contributed by atoms with Crippen LogP contribution in [0.3, 0.4) is 0 Å². The van der Waals surface area contributed by atoms with E-state index in [1.165, 1.54) is 6.33 Å².